The summed E-state index contributed by atoms with van der Waals surface area (Å²) in [6.45, 7) is -1.60. The van der Waals surface area contributed by atoms with E-state index in [1.54, 1.807) is 13.0 Å². The van der Waals surface area contributed by atoms with Gasteiger partial charge in [-0.1, -0.05) is 0 Å². The molecule has 0 aliphatic carbocycles. The number of nitriles is 1. The highest BCUT2D eigenvalue weighted by atomic mass is 19.3. The Morgan fingerprint density at radius 1 is 1.53 bits per heavy atom. The molecule has 0 bridgehead atoms. The second-order valence-corrected chi connectivity index (χ2v) is 3.38. The Labute approximate surface area is 108 Å². The molecule has 0 atom stereocenters. The first-order valence-electron chi connectivity index (χ1n) is 5.43. The van der Waals surface area contributed by atoms with E-state index in [9.17, 15) is 13.6 Å². The van der Waals surface area contributed by atoms with Crippen molar-refractivity contribution in [1.82, 2.24) is 0 Å². The van der Waals surface area contributed by atoms with Gasteiger partial charge in [0.15, 0.2) is 0 Å². The van der Waals surface area contributed by atoms with Crippen LogP contribution < -0.4 is 10.5 Å². The van der Waals surface area contributed by atoms with Gasteiger partial charge in [0.25, 0.3) is 0 Å². The maximum atomic E-state index is 12.3. The van der Waals surface area contributed by atoms with Crippen LogP contribution in [0, 0.1) is 11.3 Å². The van der Waals surface area contributed by atoms with E-state index >= 15 is 0 Å². The summed E-state index contributed by atoms with van der Waals surface area (Å²) < 4.78 is 33.6. The smallest absolute Gasteiger partial charge is 0.387 e. The van der Waals surface area contributed by atoms with Gasteiger partial charge in [0.1, 0.15) is 11.8 Å². The van der Waals surface area contributed by atoms with Gasteiger partial charge in [-0.2, -0.15) is 14.0 Å². The number of carbonyl (C=O) groups is 1. The average molecular weight is 270 g/mol. The fourth-order valence-electron chi connectivity index (χ4n) is 1.57. The van der Waals surface area contributed by atoms with Crippen LogP contribution in [0.3, 0.4) is 0 Å². The summed E-state index contributed by atoms with van der Waals surface area (Å²) in [6, 6.07) is 4.18. The van der Waals surface area contributed by atoms with E-state index in [0.29, 0.717) is 0 Å². The van der Waals surface area contributed by atoms with Crippen LogP contribution in [0.1, 0.15) is 28.4 Å². The quantitative estimate of drug-likeness (QED) is 0.824. The molecule has 7 heteroatoms. The van der Waals surface area contributed by atoms with Crippen LogP contribution in [0.25, 0.3) is 0 Å². The van der Waals surface area contributed by atoms with E-state index < -0.39 is 12.6 Å². The van der Waals surface area contributed by atoms with Gasteiger partial charge < -0.3 is 15.2 Å². The van der Waals surface area contributed by atoms with Crippen molar-refractivity contribution in [2.45, 2.75) is 20.1 Å². The van der Waals surface area contributed by atoms with Gasteiger partial charge in [-0.3, -0.25) is 0 Å². The first-order valence-corrected chi connectivity index (χ1v) is 5.43. The summed E-state index contributed by atoms with van der Waals surface area (Å²) in [5, 5.41) is 8.94. The van der Waals surface area contributed by atoms with Crippen molar-refractivity contribution in [3.05, 3.63) is 28.8 Å². The monoisotopic (exact) mass is 270 g/mol. The number of alkyl halides is 2. The Hall–Kier alpha value is -2.20. The van der Waals surface area contributed by atoms with Crippen LogP contribution in [0.15, 0.2) is 12.1 Å². The molecule has 1 aromatic carbocycles. The first-order chi connectivity index (χ1) is 9.04. The predicted molar refractivity (Wildman–Crippen MR) is 61.6 cm³/mol. The number of nitrogens with zero attached hydrogens (tertiary/aromatic N) is 1. The number of halogens is 2. The van der Waals surface area contributed by atoms with Crippen LogP contribution in [0.5, 0.6) is 5.75 Å². The van der Waals surface area contributed by atoms with Crippen molar-refractivity contribution in [3.63, 3.8) is 0 Å². The Kier molecular flexibility index (Phi) is 5.21. The molecule has 19 heavy (non-hydrogen) atoms. The van der Waals surface area contributed by atoms with Gasteiger partial charge in [-0.25, -0.2) is 4.79 Å². The molecule has 0 heterocycles. The number of nitrogens with two attached hydrogens (primary N) is 1. The van der Waals surface area contributed by atoms with Gasteiger partial charge >= 0.3 is 12.6 Å². The normalized spacial score (nSPS) is 10.1. The van der Waals surface area contributed by atoms with E-state index in [-0.39, 0.29) is 35.6 Å². The van der Waals surface area contributed by atoms with Crippen molar-refractivity contribution in [2.24, 2.45) is 5.73 Å². The minimum atomic E-state index is -3.05. The zero-order valence-corrected chi connectivity index (χ0v) is 10.2. The minimum absolute atomic E-state index is 0.000478. The van der Waals surface area contributed by atoms with E-state index in [1.165, 1.54) is 12.1 Å². The topological polar surface area (TPSA) is 85.3 Å². The second-order valence-electron chi connectivity index (χ2n) is 3.38. The lowest BCUT2D eigenvalue weighted by Crippen LogP contribution is -2.15. The zero-order valence-electron chi connectivity index (χ0n) is 10.2. The molecule has 1 rings (SSSR count). The largest absolute Gasteiger partial charge is 0.462 e. The third-order valence-electron chi connectivity index (χ3n) is 2.29. The maximum absolute atomic E-state index is 12.3. The molecule has 0 spiro atoms. The van der Waals surface area contributed by atoms with Gasteiger partial charge in [0.05, 0.1) is 17.7 Å². The molecular weight excluding hydrogens is 258 g/mol. The van der Waals surface area contributed by atoms with Crippen molar-refractivity contribution in [1.29, 1.82) is 5.26 Å². The first kappa shape index (κ1) is 14.9. The van der Waals surface area contributed by atoms with Crippen LogP contribution in [0.4, 0.5) is 8.78 Å². The summed E-state index contributed by atoms with van der Waals surface area (Å²) in [5.74, 6) is -1.03. The number of carbonyl (C=O) groups excluding carboxylic acids is 1. The summed E-state index contributed by atoms with van der Waals surface area (Å²) >= 11 is 0. The molecule has 1 aromatic rings. The summed E-state index contributed by atoms with van der Waals surface area (Å²) in [5.41, 5.74) is 5.33. The fourth-order valence-corrected chi connectivity index (χ4v) is 1.57. The van der Waals surface area contributed by atoms with Gasteiger partial charge in [0.2, 0.25) is 0 Å². The molecule has 0 fully saturated rings. The number of hydrogen-bond acceptors (Lipinski definition) is 5. The highest BCUT2D eigenvalue weighted by Gasteiger charge is 2.22. The average Bonchev–Trinajstić information content (AvgIpc) is 2.37. The van der Waals surface area contributed by atoms with Crippen LogP contribution in [0.2, 0.25) is 0 Å². The van der Waals surface area contributed by atoms with E-state index in [0.717, 1.165) is 0 Å². The summed E-state index contributed by atoms with van der Waals surface area (Å²) in [6.07, 6.45) is 0. The Morgan fingerprint density at radius 2 is 2.21 bits per heavy atom. The molecule has 0 aliphatic heterocycles. The standard InChI is InChI=1S/C12H12F2N2O3/c1-2-18-11(17)10-7(5-15)3-4-9(8(10)6-16)19-12(13)14/h3-4,12H,2,6,16H2,1H3. The van der Waals surface area contributed by atoms with E-state index in [4.69, 9.17) is 15.7 Å². The van der Waals surface area contributed by atoms with E-state index in [1.807, 2.05) is 0 Å². The number of hydrogen-bond donors (Lipinski definition) is 1. The molecular formula is C12H12F2N2O3. The fraction of sp³-hybridized carbons (Fsp3) is 0.333. The lowest BCUT2D eigenvalue weighted by Gasteiger charge is -2.14. The third kappa shape index (κ3) is 3.39. The SMILES string of the molecule is CCOC(=O)c1c(C#N)ccc(OC(F)F)c1CN. The lowest BCUT2D eigenvalue weighted by molar-refractivity contribution is -0.0505. The molecule has 0 aliphatic rings. The number of ether oxygens (including phenoxy) is 2. The Balaban J connectivity index is 3.38. The molecule has 0 saturated heterocycles. The zero-order chi connectivity index (χ0) is 14.4. The lowest BCUT2D eigenvalue weighted by atomic mass is 10.0. The van der Waals surface area contributed by atoms with Crippen molar-refractivity contribution in [2.75, 3.05) is 6.61 Å². The highest BCUT2D eigenvalue weighted by molar-refractivity contribution is 5.94. The van der Waals surface area contributed by atoms with Gasteiger partial charge in [-0.15, -0.1) is 0 Å². The number of rotatable bonds is 5. The minimum Gasteiger partial charge on any atom is -0.462 e. The summed E-state index contributed by atoms with van der Waals surface area (Å²) in [4.78, 5) is 11.8. The summed E-state index contributed by atoms with van der Waals surface area (Å²) in [7, 11) is 0. The maximum Gasteiger partial charge on any atom is 0.387 e. The van der Waals surface area contributed by atoms with Crippen LogP contribution >= 0.6 is 0 Å². The predicted octanol–water partition coefficient (Wildman–Crippen LogP) is 1.80. The molecule has 0 radical (unpaired) electrons. The molecule has 5 nitrogen and oxygen atoms in total. The van der Waals surface area contributed by atoms with Crippen LogP contribution in [-0.2, 0) is 11.3 Å². The van der Waals surface area contributed by atoms with Crippen LogP contribution in [-0.4, -0.2) is 19.2 Å². The second kappa shape index (κ2) is 6.66. The molecule has 0 unspecified atom stereocenters. The molecule has 102 valence electrons. The van der Waals surface area contributed by atoms with Crippen molar-refractivity contribution < 1.29 is 23.0 Å². The molecule has 2 N–H and O–H groups in total. The van der Waals surface area contributed by atoms with Crippen molar-refractivity contribution >= 4 is 5.97 Å². The molecule has 0 amide bonds. The van der Waals surface area contributed by atoms with Crippen molar-refractivity contribution in [3.8, 4) is 11.8 Å². The third-order valence-corrected chi connectivity index (χ3v) is 2.29. The Bertz CT molecular complexity index is 512. The molecule has 0 saturated carbocycles. The Morgan fingerprint density at radius 3 is 2.68 bits per heavy atom. The highest BCUT2D eigenvalue weighted by Crippen LogP contribution is 2.27. The van der Waals surface area contributed by atoms with Gasteiger partial charge in [-0.05, 0) is 19.1 Å². The van der Waals surface area contributed by atoms with Gasteiger partial charge in [0, 0.05) is 12.1 Å². The molecule has 0 aromatic heterocycles. The number of esters is 1. The number of benzene rings is 1. The van der Waals surface area contributed by atoms with E-state index in [2.05, 4.69) is 4.74 Å².